The summed E-state index contributed by atoms with van der Waals surface area (Å²) in [7, 11) is 1.69. The molecule has 2 saturated carbocycles. The molecule has 0 saturated heterocycles. The van der Waals surface area contributed by atoms with Gasteiger partial charge in [0.15, 0.2) is 0 Å². The average molecular weight is 1260 g/mol. The van der Waals surface area contributed by atoms with Gasteiger partial charge >= 0.3 is 0 Å². The van der Waals surface area contributed by atoms with E-state index in [9.17, 15) is 0 Å². The lowest BCUT2D eigenvalue weighted by Crippen LogP contribution is -2.27. The Balaban J connectivity index is 0.000000105. The standard InChI is InChI=1S/C30H19N.C26H35OP.C18H11Br.C13H10/c1-2-11-23-21(9-1)22-10-3-4-12-24(22)28-19-20(17-18-25(23)28)31-29-15-7-5-13-26(29)27-14-6-8-16-30(27)31;1-20-12-11-18-24(27-2)26(20)23-17-9-10-19-25(23)28(21-13-5-3-6-14-21)22-15-7-4-8-16-22;19-12-9-10-17-15-7-2-1-5-13(15)14-6-3-4-8-16(14)18(17)11-12;1-3-7-12-10(5-1)9-11-6-2-4-8-13(11)12/h1-19H;9-12,17-19,21-22H,3-8,13-16H2,1-2H3;1-11H;1-8H,9H2. The number of aromatic nitrogens is 1. The number of benzene rings is 14. The Morgan fingerprint density at radius 2 is 0.736 bits per heavy atom. The molecule has 3 aliphatic carbocycles. The van der Waals surface area contributed by atoms with Crippen molar-refractivity contribution in [2.24, 2.45) is 0 Å². The molecule has 1 aromatic heterocycles. The van der Waals surface area contributed by atoms with Gasteiger partial charge in [-0.05, 0) is 196 Å². The topological polar surface area (TPSA) is 14.2 Å². The highest BCUT2D eigenvalue weighted by Crippen LogP contribution is 2.57. The van der Waals surface area contributed by atoms with E-state index in [1.54, 1.807) is 5.30 Å². The quantitative estimate of drug-likeness (QED) is 0.120. The Labute approximate surface area is 545 Å². The average Bonchev–Trinajstić information content (AvgIpc) is 1.81. The van der Waals surface area contributed by atoms with E-state index in [1.165, 1.54) is 195 Å². The number of hydrogen-bond donors (Lipinski definition) is 0. The van der Waals surface area contributed by atoms with Crippen LogP contribution in [0.5, 0.6) is 5.75 Å². The van der Waals surface area contributed by atoms with Crippen molar-refractivity contribution < 1.29 is 4.74 Å². The molecule has 0 aliphatic heterocycles. The highest BCUT2D eigenvalue weighted by atomic mass is 79.9. The molecule has 4 heteroatoms. The predicted octanol–water partition coefficient (Wildman–Crippen LogP) is 24.9. The molecule has 0 unspecified atom stereocenters. The Morgan fingerprint density at radius 3 is 1.22 bits per heavy atom. The van der Waals surface area contributed by atoms with Crippen LogP contribution in [-0.2, 0) is 6.42 Å². The fraction of sp³-hybridized carbons (Fsp3) is 0.172. The van der Waals surface area contributed by atoms with E-state index in [2.05, 4.69) is 300 Å². The van der Waals surface area contributed by atoms with E-state index in [4.69, 9.17) is 4.74 Å². The maximum absolute atomic E-state index is 5.81. The molecule has 18 rings (SSSR count). The van der Waals surface area contributed by atoms with Gasteiger partial charge in [-0.2, -0.15) is 0 Å². The first-order chi connectivity index (χ1) is 45.0. The Kier molecular flexibility index (Phi) is 16.8. The molecular formula is C87H75BrNOP. The molecule has 3 aliphatic rings. The molecule has 0 amide bonds. The first-order valence-corrected chi connectivity index (χ1v) is 35.2. The molecule has 15 aromatic rings. The molecule has 0 N–H and O–H groups in total. The predicted molar refractivity (Wildman–Crippen MR) is 398 cm³/mol. The number of hydrogen-bond acceptors (Lipinski definition) is 1. The van der Waals surface area contributed by atoms with E-state index >= 15 is 0 Å². The Morgan fingerprint density at radius 1 is 0.352 bits per heavy atom. The molecule has 2 fully saturated rings. The number of nitrogens with zero attached hydrogens (tertiary/aromatic N) is 1. The van der Waals surface area contributed by atoms with E-state index < -0.39 is 0 Å². The summed E-state index contributed by atoms with van der Waals surface area (Å²) in [5.74, 6) is 1.02. The highest BCUT2D eigenvalue weighted by molar-refractivity contribution is 9.10. The summed E-state index contributed by atoms with van der Waals surface area (Å²) in [5.41, 5.74) is 15.4. The monoisotopic (exact) mass is 1260 g/mol. The van der Waals surface area contributed by atoms with Crippen LogP contribution >= 0.6 is 23.9 Å². The minimum absolute atomic E-state index is 0.122. The van der Waals surface area contributed by atoms with Crippen LogP contribution in [0.4, 0.5) is 0 Å². The smallest absolute Gasteiger partial charge is 0.126 e. The van der Waals surface area contributed by atoms with Crippen LogP contribution in [0.1, 0.15) is 80.9 Å². The normalized spacial score (nSPS) is 14.1. The number of fused-ring (bicyclic) bond motifs is 18. The molecule has 0 spiro atoms. The fourth-order valence-electron chi connectivity index (χ4n) is 15.7. The van der Waals surface area contributed by atoms with Crippen molar-refractivity contribution in [1.82, 2.24) is 4.57 Å². The second-order valence-electron chi connectivity index (χ2n) is 25.1. The fourth-order valence-corrected chi connectivity index (χ4v) is 20.0. The molecule has 0 bridgehead atoms. The number of para-hydroxylation sites is 2. The highest BCUT2D eigenvalue weighted by Gasteiger charge is 2.34. The van der Waals surface area contributed by atoms with Crippen molar-refractivity contribution in [2.75, 3.05) is 7.11 Å². The summed E-state index contributed by atoms with van der Waals surface area (Å²) >= 11 is 3.58. The van der Waals surface area contributed by atoms with Crippen molar-refractivity contribution >= 4 is 116 Å². The van der Waals surface area contributed by atoms with Crippen molar-refractivity contribution in [3.05, 3.63) is 294 Å². The minimum atomic E-state index is -0.122. The van der Waals surface area contributed by atoms with Crippen LogP contribution in [0, 0.1) is 6.92 Å². The third kappa shape index (κ3) is 11.3. The first-order valence-electron chi connectivity index (χ1n) is 33.0. The summed E-state index contributed by atoms with van der Waals surface area (Å²) in [4.78, 5) is 0. The zero-order valence-corrected chi connectivity index (χ0v) is 54.6. The van der Waals surface area contributed by atoms with E-state index in [0.29, 0.717) is 0 Å². The third-order valence-corrected chi connectivity index (χ3v) is 23.9. The summed E-state index contributed by atoms with van der Waals surface area (Å²) in [6.45, 7) is 2.23. The van der Waals surface area contributed by atoms with E-state index in [1.807, 2.05) is 7.11 Å². The van der Waals surface area contributed by atoms with Gasteiger partial charge in [0.2, 0.25) is 0 Å². The maximum atomic E-state index is 5.81. The van der Waals surface area contributed by atoms with E-state index in [0.717, 1.165) is 28.0 Å². The van der Waals surface area contributed by atoms with Gasteiger partial charge < -0.3 is 9.30 Å². The number of halogens is 1. The number of aryl methyl sites for hydroxylation is 1. The molecular weight excluding hydrogens is 1190 g/mol. The lowest BCUT2D eigenvalue weighted by Gasteiger charge is -2.39. The van der Waals surface area contributed by atoms with Crippen LogP contribution in [-0.4, -0.2) is 23.0 Å². The van der Waals surface area contributed by atoms with Crippen LogP contribution in [0.3, 0.4) is 0 Å². The Hall–Kier alpha value is -8.85. The number of ether oxygens (including phenoxy) is 1. The SMILES string of the molecule is Brc1ccc2c3ccccc3c3ccccc3c2c1.COc1cccc(C)c1-c1ccccc1P(C1CCCCC1)C1CCCCC1.c1ccc2c(c1)Cc1ccccc1-2.c1ccc2c(c1)c1ccccc1c1cc(-n3c4ccccc4c4ccccc43)ccc21. The van der Waals surface area contributed by atoms with Gasteiger partial charge in [0.1, 0.15) is 5.75 Å². The molecule has 91 heavy (non-hydrogen) atoms. The van der Waals surface area contributed by atoms with Crippen LogP contribution in [0.25, 0.3) is 114 Å². The van der Waals surface area contributed by atoms with Gasteiger partial charge in [0, 0.05) is 26.5 Å². The number of methoxy groups -OCH3 is 1. The van der Waals surface area contributed by atoms with Gasteiger partial charge in [0.05, 0.1) is 18.1 Å². The molecule has 0 atom stereocenters. The van der Waals surface area contributed by atoms with Crippen molar-refractivity contribution in [1.29, 1.82) is 0 Å². The van der Waals surface area contributed by atoms with Crippen molar-refractivity contribution in [3.63, 3.8) is 0 Å². The van der Waals surface area contributed by atoms with Gasteiger partial charge in [-0.25, -0.2) is 0 Å². The molecule has 14 aromatic carbocycles. The van der Waals surface area contributed by atoms with Crippen molar-refractivity contribution in [2.45, 2.75) is 88.9 Å². The van der Waals surface area contributed by atoms with E-state index in [-0.39, 0.29) is 7.92 Å². The summed E-state index contributed by atoms with van der Waals surface area (Å²) in [5, 5.41) is 20.0. The summed E-state index contributed by atoms with van der Waals surface area (Å²) in [6.07, 6.45) is 15.5. The summed E-state index contributed by atoms with van der Waals surface area (Å²) in [6, 6.07) is 98.7. The van der Waals surface area contributed by atoms with Crippen LogP contribution < -0.4 is 10.0 Å². The zero-order chi connectivity index (χ0) is 61.2. The Bertz CT molecular complexity index is 4980. The van der Waals surface area contributed by atoms with Gasteiger partial charge in [0.25, 0.3) is 0 Å². The molecule has 0 radical (unpaired) electrons. The molecule has 1 heterocycles. The lowest BCUT2D eigenvalue weighted by atomic mass is 9.94. The second kappa shape index (κ2) is 26.2. The first kappa shape index (κ1) is 58.5. The van der Waals surface area contributed by atoms with Crippen molar-refractivity contribution in [3.8, 4) is 33.7 Å². The largest absolute Gasteiger partial charge is 0.496 e. The zero-order valence-electron chi connectivity index (χ0n) is 52.1. The van der Waals surface area contributed by atoms with Crippen LogP contribution in [0.15, 0.2) is 277 Å². The molecule has 2 nitrogen and oxygen atoms in total. The second-order valence-corrected chi connectivity index (χ2v) is 28.8. The van der Waals surface area contributed by atoms with Gasteiger partial charge in [-0.15, -0.1) is 0 Å². The lowest BCUT2D eigenvalue weighted by molar-refractivity contribution is 0.416. The maximum Gasteiger partial charge on any atom is 0.126 e. The third-order valence-electron chi connectivity index (χ3n) is 19.8. The van der Waals surface area contributed by atoms with Gasteiger partial charge in [-0.3, -0.25) is 0 Å². The molecule has 446 valence electrons. The summed E-state index contributed by atoms with van der Waals surface area (Å²) < 4.78 is 9.34. The minimum Gasteiger partial charge on any atom is -0.496 e. The van der Waals surface area contributed by atoms with Crippen LogP contribution in [0.2, 0.25) is 0 Å². The number of rotatable bonds is 6. The van der Waals surface area contributed by atoms with Gasteiger partial charge in [-0.1, -0.05) is 293 Å².